The van der Waals surface area contributed by atoms with Crippen molar-refractivity contribution < 1.29 is 4.79 Å². The lowest BCUT2D eigenvalue weighted by Crippen LogP contribution is -2.12. The van der Waals surface area contributed by atoms with Gasteiger partial charge in [0.1, 0.15) is 4.60 Å². The molecule has 0 saturated heterocycles. The Hall–Kier alpha value is -1.68. The SMILES string of the molecule is CCc1ccc(NC(=O)c2ccc(Br)nc2)cc1. The Labute approximate surface area is 114 Å². The van der Waals surface area contributed by atoms with Gasteiger partial charge in [0.25, 0.3) is 5.91 Å². The highest BCUT2D eigenvalue weighted by atomic mass is 79.9. The van der Waals surface area contributed by atoms with E-state index in [1.165, 1.54) is 5.56 Å². The highest BCUT2D eigenvalue weighted by Gasteiger charge is 2.06. The van der Waals surface area contributed by atoms with Crippen molar-refractivity contribution >= 4 is 27.5 Å². The molecule has 92 valence electrons. The number of amides is 1. The van der Waals surface area contributed by atoms with Crippen molar-refractivity contribution in [2.75, 3.05) is 5.32 Å². The number of carbonyl (C=O) groups excluding carboxylic acids is 1. The van der Waals surface area contributed by atoms with Crippen molar-refractivity contribution in [1.29, 1.82) is 0 Å². The van der Waals surface area contributed by atoms with Gasteiger partial charge in [0.2, 0.25) is 0 Å². The molecule has 1 N–H and O–H groups in total. The fourth-order valence-electron chi connectivity index (χ4n) is 1.54. The van der Waals surface area contributed by atoms with Crippen LogP contribution < -0.4 is 5.32 Å². The second-order valence-corrected chi connectivity index (χ2v) is 4.69. The molecule has 1 aromatic heterocycles. The molecule has 0 fully saturated rings. The van der Waals surface area contributed by atoms with E-state index in [-0.39, 0.29) is 5.91 Å². The molecule has 1 amide bonds. The van der Waals surface area contributed by atoms with E-state index < -0.39 is 0 Å². The molecule has 2 rings (SSSR count). The predicted octanol–water partition coefficient (Wildman–Crippen LogP) is 3.66. The van der Waals surface area contributed by atoms with Gasteiger partial charge in [-0.15, -0.1) is 0 Å². The number of halogens is 1. The molecule has 0 bridgehead atoms. The summed E-state index contributed by atoms with van der Waals surface area (Å²) in [6.45, 7) is 2.10. The number of hydrogen-bond acceptors (Lipinski definition) is 2. The van der Waals surface area contributed by atoms with Gasteiger partial charge in [0, 0.05) is 11.9 Å². The molecule has 2 aromatic rings. The first kappa shape index (κ1) is 12.8. The number of nitrogens with zero attached hydrogens (tertiary/aromatic N) is 1. The van der Waals surface area contributed by atoms with Crippen LogP contribution in [-0.4, -0.2) is 10.9 Å². The zero-order valence-electron chi connectivity index (χ0n) is 9.98. The first-order chi connectivity index (χ1) is 8.69. The topological polar surface area (TPSA) is 42.0 Å². The monoisotopic (exact) mass is 304 g/mol. The minimum Gasteiger partial charge on any atom is -0.322 e. The molecule has 0 unspecified atom stereocenters. The van der Waals surface area contributed by atoms with E-state index in [1.807, 2.05) is 24.3 Å². The molecule has 1 aromatic carbocycles. The first-order valence-electron chi connectivity index (χ1n) is 5.71. The number of rotatable bonds is 3. The number of carbonyl (C=O) groups is 1. The van der Waals surface area contributed by atoms with Crippen LogP contribution >= 0.6 is 15.9 Å². The molecule has 1 heterocycles. The molecule has 18 heavy (non-hydrogen) atoms. The average Bonchev–Trinajstić information content (AvgIpc) is 2.40. The van der Waals surface area contributed by atoms with Gasteiger partial charge in [-0.3, -0.25) is 4.79 Å². The van der Waals surface area contributed by atoms with E-state index in [0.29, 0.717) is 10.2 Å². The molecule has 0 spiro atoms. The Morgan fingerprint density at radius 2 is 1.94 bits per heavy atom. The molecule has 0 aliphatic rings. The predicted molar refractivity (Wildman–Crippen MR) is 75.7 cm³/mol. The van der Waals surface area contributed by atoms with Crippen LogP contribution in [0.4, 0.5) is 5.69 Å². The van der Waals surface area contributed by atoms with Crippen LogP contribution in [0.15, 0.2) is 47.2 Å². The van der Waals surface area contributed by atoms with E-state index >= 15 is 0 Å². The minimum atomic E-state index is -0.153. The molecule has 0 aliphatic carbocycles. The molecule has 4 heteroatoms. The number of benzene rings is 1. The lowest BCUT2D eigenvalue weighted by Gasteiger charge is -2.05. The number of hydrogen-bond donors (Lipinski definition) is 1. The van der Waals surface area contributed by atoms with E-state index in [1.54, 1.807) is 18.3 Å². The molecule has 0 atom stereocenters. The third-order valence-electron chi connectivity index (χ3n) is 2.61. The van der Waals surface area contributed by atoms with Crippen molar-refractivity contribution in [3.05, 3.63) is 58.3 Å². The number of anilines is 1. The Balaban J connectivity index is 2.08. The lowest BCUT2D eigenvalue weighted by atomic mass is 10.1. The fourth-order valence-corrected chi connectivity index (χ4v) is 1.77. The maximum Gasteiger partial charge on any atom is 0.257 e. The van der Waals surface area contributed by atoms with E-state index in [9.17, 15) is 4.79 Å². The van der Waals surface area contributed by atoms with Crippen molar-refractivity contribution in [2.24, 2.45) is 0 Å². The molecular formula is C14H13BrN2O. The van der Waals surface area contributed by atoms with Crippen LogP contribution in [0.1, 0.15) is 22.8 Å². The van der Waals surface area contributed by atoms with E-state index in [4.69, 9.17) is 0 Å². The van der Waals surface area contributed by atoms with Crippen molar-refractivity contribution in [1.82, 2.24) is 4.98 Å². The van der Waals surface area contributed by atoms with Crippen LogP contribution in [0, 0.1) is 0 Å². The van der Waals surface area contributed by atoms with Crippen molar-refractivity contribution in [3.63, 3.8) is 0 Å². The normalized spacial score (nSPS) is 10.1. The summed E-state index contributed by atoms with van der Waals surface area (Å²) in [6, 6.07) is 11.3. The largest absolute Gasteiger partial charge is 0.322 e. The first-order valence-corrected chi connectivity index (χ1v) is 6.50. The standard InChI is InChI=1S/C14H13BrN2O/c1-2-10-3-6-12(7-4-10)17-14(18)11-5-8-13(15)16-9-11/h3-9H,2H2,1H3,(H,17,18). The zero-order valence-corrected chi connectivity index (χ0v) is 11.6. The summed E-state index contributed by atoms with van der Waals surface area (Å²) >= 11 is 3.23. The van der Waals surface area contributed by atoms with Crippen LogP contribution in [0.25, 0.3) is 0 Å². The maximum atomic E-state index is 11.9. The highest BCUT2D eigenvalue weighted by Crippen LogP contribution is 2.12. The summed E-state index contributed by atoms with van der Waals surface area (Å²) in [4.78, 5) is 15.9. The number of aromatic nitrogens is 1. The van der Waals surface area contributed by atoms with Gasteiger partial charge in [0.05, 0.1) is 5.56 Å². The van der Waals surface area contributed by atoms with Crippen LogP contribution in [-0.2, 0) is 6.42 Å². The Morgan fingerprint density at radius 3 is 2.50 bits per heavy atom. The van der Waals surface area contributed by atoms with Gasteiger partial charge in [0.15, 0.2) is 0 Å². The number of nitrogens with one attached hydrogen (secondary N) is 1. The summed E-state index contributed by atoms with van der Waals surface area (Å²) in [5.74, 6) is -0.153. The second kappa shape index (κ2) is 5.78. The van der Waals surface area contributed by atoms with Gasteiger partial charge < -0.3 is 5.32 Å². The third-order valence-corrected chi connectivity index (χ3v) is 3.08. The Bertz CT molecular complexity index is 535. The minimum absolute atomic E-state index is 0.153. The summed E-state index contributed by atoms with van der Waals surface area (Å²) in [5, 5.41) is 2.83. The van der Waals surface area contributed by atoms with Gasteiger partial charge in [-0.2, -0.15) is 0 Å². The highest BCUT2D eigenvalue weighted by molar-refractivity contribution is 9.10. The van der Waals surface area contributed by atoms with Gasteiger partial charge in [-0.1, -0.05) is 19.1 Å². The van der Waals surface area contributed by atoms with Crippen LogP contribution in [0.5, 0.6) is 0 Å². The average molecular weight is 305 g/mol. The van der Waals surface area contributed by atoms with Gasteiger partial charge >= 0.3 is 0 Å². The maximum absolute atomic E-state index is 11.9. The van der Waals surface area contributed by atoms with E-state index in [2.05, 4.69) is 33.2 Å². The van der Waals surface area contributed by atoms with Gasteiger partial charge in [-0.05, 0) is 52.2 Å². The molecule has 0 aliphatic heterocycles. The molecule has 3 nitrogen and oxygen atoms in total. The Morgan fingerprint density at radius 1 is 1.22 bits per heavy atom. The Kier molecular flexibility index (Phi) is 4.10. The van der Waals surface area contributed by atoms with E-state index in [0.717, 1.165) is 12.1 Å². The van der Waals surface area contributed by atoms with Crippen molar-refractivity contribution in [3.8, 4) is 0 Å². The smallest absolute Gasteiger partial charge is 0.257 e. The molecular weight excluding hydrogens is 292 g/mol. The molecule has 0 radical (unpaired) electrons. The molecule has 0 saturated carbocycles. The summed E-state index contributed by atoms with van der Waals surface area (Å²) in [6.07, 6.45) is 2.53. The van der Waals surface area contributed by atoms with Crippen molar-refractivity contribution in [2.45, 2.75) is 13.3 Å². The van der Waals surface area contributed by atoms with Gasteiger partial charge in [-0.25, -0.2) is 4.98 Å². The third kappa shape index (κ3) is 3.17. The summed E-state index contributed by atoms with van der Waals surface area (Å²) in [7, 11) is 0. The summed E-state index contributed by atoms with van der Waals surface area (Å²) < 4.78 is 0.714. The quantitative estimate of drug-likeness (QED) is 0.879. The number of pyridine rings is 1. The summed E-state index contributed by atoms with van der Waals surface area (Å²) in [5.41, 5.74) is 2.58. The zero-order chi connectivity index (χ0) is 13.0. The van der Waals surface area contributed by atoms with Crippen LogP contribution in [0.2, 0.25) is 0 Å². The second-order valence-electron chi connectivity index (χ2n) is 3.87. The van der Waals surface area contributed by atoms with Crippen LogP contribution in [0.3, 0.4) is 0 Å². The lowest BCUT2D eigenvalue weighted by molar-refractivity contribution is 0.102. The number of aryl methyl sites for hydroxylation is 1. The fraction of sp³-hybridized carbons (Fsp3) is 0.143.